The molecule has 0 spiro atoms. The van der Waals surface area contributed by atoms with Crippen LogP contribution in [0, 0.1) is 0 Å². The third-order valence-corrected chi connectivity index (χ3v) is 4.60. The average molecular weight is 309 g/mol. The predicted molar refractivity (Wildman–Crippen MR) is 82.9 cm³/mol. The van der Waals surface area contributed by atoms with E-state index in [2.05, 4.69) is 22.5 Å². The number of anilines is 1. The molecule has 2 atom stereocenters. The van der Waals surface area contributed by atoms with Gasteiger partial charge >= 0.3 is 12.0 Å². The second-order valence-electron chi connectivity index (χ2n) is 4.95. The van der Waals surface area contributed by atoms with Crippen molar-refractivity contribution in [3.05, 3.63) is 24.0 Å². The number of carbonyl (C=O) groups excluding carboxylic acids is 1. The van der Waals surface area contributed by atoms with Crippen LogP contribution in [-0.4, -0.2) is 39.1 Å². The van der Waals surface area contributed by atoms with E-state index in [9.17, 15) is 9.59 Å². The molecule has 0 bridgehead atoms. The Morgan fingerprint density at radius 2 is 2.24 bits per heavy atom. The van der Waals surface area contributed by atoms with E-state index in [0.717, 1.165) is 25.0 Å². The van der Waals surface area contributed by atoms with Crippen LogP contribution in [0.4, 0.5) is 10.5 Å². The first kappa shape index (κ1) is 15.6. The SMILES string of the molecule is CCSC1CCC(NC(=O)Nc2cncc(C(=O)O)c2)C1. The summed E-state index contributed by atoms with van der Waals surface area (Å²) in [5, 5.41) is 15.1. The summed E-state index contributed by atoms with van der Waals surface area (Å²) in [6.07, 6.45) is 5.77. The maximum atomic E-state index is 11.9. The highest BCUT2D eigenvalue weighted by molar-refractivity contribution is 7.99. The first-order valence-corrected chi connectivity index (χ1v) is 8.00. The molecule has 114 valence electrons. The van der Waals surface area contributed by atoms with E-state index in [0.29, 0.717) is 10.9 Å². The molecule has 2 rings (SSSR count). The van der Waals surface area contributed by atoms with Gasteiger partial charge in [-0.2, -0.15) is 11.8 Å². The molecule has 0 aliphatic heterocycles. The van der Waals surface area contributed by atoms with E-state index in [4.69, 9.17) is 5.11 Å². The fraction of sp³-hybridized carbons (Fsp3) is 0.500. The molecule has 7 heteroatoms. The van der Waals surface area contributed by atoms with Crippen LogP contribution in [0.15, 0.2) is 18.5 Å². The van der Waals surface area contributed by atoms with E-state index in [-0.39, 0.29) is 17.6 Å². The molecule has 1 heterocycles. The molecule has 1 saturated carbocycles. The summed E-state index contributed by atoms with van der Waals surface area (Å²) in [4.78, 5) is 26.6. The Morgan fingerprint density at radius 3 is 2.95 bits per heavy atom. The van der Waals surface area contributed by atoms with Crippen LogP contribution >= 0.6 is 11.8 Å². The van der Waals surface area contributed by atoms with E-state index in [1.165, 1.54) is 18.5 Å². The third kappa shape index (κ3) is 4.63. The van der Waals surface area contributed by atoms with E-state index in [1.54, 1.807) is 0 Å². The maximum Gasteiger partial charge on any atom is 0.337 e. The number of amides is 2. The summed E-state index contributed by atoms with van der Waals surface area (Å²) >= 11 is 1.93. The minimum Gasteiger partial charge on any atom is -0.478 e. The number of nitrogens with zero attached hydrogens (tertiary/aromatic N) is 1. The highest BCUT2D eigenvalue weighted by Gasteiger charge is 2.25. The Kier molecular flexibility index (Phi) is 5.44. The van der Waals surface area contributed by atoms with Crippen molar-refractivity contribution in [2.24, 2.45) is 0 Å². The number of aromatic nitrogens is 1. The molecule has 1 aromatic rings. The zero-order chi connectivity index (χ0) is 15.2. The first-order chi connectivity index (χ1) is 10.1. The van der Waals surface area contributed by atoms with Crippen LogP contribution < -0.4 is 10.6 Å². The summed E-state index contributed by atoms with van der Waals surface area (Å²) in [6, 6.07) is 1.26. The number of aromatic carboxylic acids is 1. The van der Waals surface area contributed by atoms with Crippen LogP contribution in [0.25, 0.3) is 0 Å². The number of hydrogen-bond acceptors (Lipinski definition) is 4. The molecule has 0 saturated heterocycles. The normalized spacial score (nSPS) is 21.0. The lowest BCUT2D eigenvalue weighted by Gasteiger charge is -2.14. The molecule has 0 aromatic carbocycles. The molecular weight excluding hydrogens is 290 g/mol. The van der Waals surface area contributed by atoms with Gasteiger partial charge in [-0.3, -0.25) is 4.98 Å². The summed E-state index contributed by atoms with van der Waals surface area (Å²) in [5.41, 5.74) is 0.429. The summed E-state index contributed by atoms with van der Waals surface area (Å²) in [6.45, 7) is 2.14. The van der Waals surface area contributed by atoms with Crippen LogP contribution in [0.5, 0.6) is 0 Å². The summed E-state index contributed by atoms with van der Waals surface area (Å²) < 4.78 is 0. The van der Waals surface area contributed by atoms with Gasteiger partial charge < -0.3 is 15.7 Å². The van der Waals surface area contributed by atoms with Crippen LogP contribution in [0.3, 0.4) is 0 Å². The third-order valence-electron chi connectivity index (χ3n) is 3.37. The topological polar surface area (TPSA) is 91.3 Å². The lowest BCUT2D eigenvalue weighted by Crippen LogP contribution is -2.36. The van der Waals surface area contributed by atoms with E-state index < -0.39 is 5.97 Å². The number of thioether (sulfide) groups is 1. The Morgan fingerprint density at radius 1 is 1.43 bits per heavy atom. The Labute approximate surface area is 127 Å². The van der Waals surface area contributed by atoms with Crippen molar-refractivity contribution in [2.45, 2.75) is 37.5 Å². The number of pyridine rings is 1. The van der Waals surface area contributed by atoms with Gasteiger partial charge in [-0.25, -0.2) is 9.59 Å². The average Bonchev–Trinajstić information content (AvgIpc) is 2.86. The summed E-state index contributed by atoms with van der Waals surface area (Å²) in [5.74, 6) is 0.0267. The molecule has 1 aromatic heterocycles. The molecule has 3 N–H and O–H groups in total. The Bertz CT molecular complexity index is 524. The largest absolute Gasteiger partial charge is 0.478 e. The summed E-state index contributed by atoms with van der Waals surface area (Å²) in [7, 11) is 0. The first-order valence-electron chi connectivity index (χ1n) is 6.96. The van der Waals surface area contributed by atoms with Crippen molar-refractivity contribution >= 4 is 29.4 Å². The molecule has 1 aliphatic carbocycles. The maximum absolute atomic E-state index is 11.9. The van der Waals surface area contributed by atoms with Crippen LogP contribution in [0.1, 0.15) is 36.5 Å². The van der Waals surface area contributed by atoms with Gasteiger partial charge in [-0.05, 0) is 31.1 Å². The fourth-order valence-corrected chi connectivity index (χ4v) is 3.58. The van der Waals surface area contributed by atoms with Crippen molar-refractivity contribution in [1.82, 2.24) is 10.3 Å². The second-order valence-corrected chi connectivity index (χ2v) is 6.53. The van der Waals surface area contributed by atoms with Gasteiger partial charge in [0.1, 0.15) is 0 Å². The number of hydrogen-bond donors (Lipinski definition) is 3. The van der Waals surface area contributed by atoms with Gasteiger partial charge in [0.2, 0.25) is 0 Å². The monoisotopic (exact) mass is 309 g/mol. The van der Waals surface area contributed by atoms with Crippen LogP contribution in [-0.2, 0) is 0 Å². The molecule has 0 radical (unpaired) electrons. The van der Waals surface area contributed by atoms with Gasteiger partial charge in [-0.1, -0.05) is 6.92 Å². The fourth-order valence-electron chi connectivity index (χ4n) is 2.44. The minimum atomic E-state index is -1.07. The Hall–Kier alpha value is -1.76. The molecular formula is C14H19N3O3S. The number of carbonyl (C=O) groups is 2. The number of urea groups is 1. The van der Waals surface area contributed by atoms with Gasteiger partial charge in [0.15, 0.2) is 0 Å². The number of carboxylic acids is 1. The van der Waals surface area contributed by atoms with Gasteiger partial charge in [0, 0.05) is 17.5 Å². The Balaban J connectivity index is 1.85. The zero-order valence-corrected chi connectivity index (χ0v) is 12.7. The second kappa shape index (κ2) is 7.31. The number of nitrogens with one attached hydrogen (secondary N) is 2. The predicted octanol–water partition coefficient (Wildman–Crippen LogP) is 2.58. The van der Waals surface area contributed by atoms with Crippen molar-refractivity contribution in [2.75, 3.05) is 11.1 Å². The van der Waals surface area contributed by atoms with Crippen LogP contribution in [0.2, 0.25) is 0 Å². The van der Waals surface area contributed by atoms with E-state index in [1.807, 2.05) is 11.8 Å². The number of rotatable bonds is 5. The zero-order valence-electron chi connectivity index (χ0n) is 11.8. The molecule has 21 heavy (non-hydrogen) atoms. The van der Waals surface area contributed by atoms with Crippen molar-refractivity contribution in [3.63, 3.8) is 0 Å². The van der Waals surface area contributed by atoms with E-state index >= 15 is 0 Å². The van der Waals surface area contributed by atoms with Gasteiger partial charge in [0.25, 0.3) is 0 Å². The lowest BCUT2D eigenvalue weighted by atomic mass is 10.2. The molecule has 1 aliphatic rings. The molecule has 6 nitrogen and oxygen atoms in total. The van der Waals surface area contributed by atoms with Gasteiger partial charge in [0.05, 0.1) is 17.4 Å². The molecule has 2 amide bonds. The van der Waals surface area contributed by atoms with Crippen molar-refractivity contribution < 1.29 is 14.7 Å². The van der Waals surface area contributed by atoms with Crippen molar-refractivity contribution in [3.8, 4) is 0 Å². The number of carboxylic acid groups (broad SMARTS) is 1. The quantitative estimate of drug-likeness (QED) is 0.777. The van der Waals surface area contributed by atoms with Gasteiger partial charge in [-0.15, -0.1) is 0 Å². The van der Waals surface area contributed by atoms with Crippen molar-refractivity contribution in [1.29, 1.82) is 0 Å². The molecule has 1 fully saturated rings. The highest BCUT2D eigenvalue weighted by Crippen LogP contribution is 2.29. The minimum absolute atomic E-state index is 0.0491. The standard InChI is InChI=1S/C14H19N3O3S/c1-2-21-12-4-3-10(6-12)16-14(20)17-11-5-9(13(18)19)7-15-8-11/h5,7-8,10,12H,2-4,6H2,1H3,(H,18,19)(H2,16,17,20). The lowest BCUT2D eigenvalue weighted by molar-refractivity contribution is 0.0696. The highest BCUT2D eigenvalue weighted by atomic mass is 32.2. The molecule has 2 unspecified atom stereocenters. The smallest absolute Gasteiger partial charge is 0.337 e.